The van der Waals surface area contributed by atoms with Crippen LogP contribution < -0.4 is 9.47 Å². The van der Waals surface area contributed by atoms with E-state index in [1.54, 1.807) is 13.2 Å². The summed E-state index contributed by atoms with van der Waals surface area (Å²) in [6.07, 6.45) is 4.72. The summed E-state index contributed by atoms with van der Waals surface area (Å²) >= 11 is 0. The van der Waals surface area contributed by atoms with Gasteiger partial charge in [0.15, 0.2) is 0 Å². The van der Waals surface area contributed by atoms with Gasteiger partial charge in [0, 0.05) is 16.7 Å². The number of hydrogen-bond acceptors (Lipinski definition) is 3. The molecule has 3 nitrogen and oxygen atoms in total. The standard InChI is InChI=1S/C16H12O3/c1-18-14-5-7-16-13(9-14)4-3-12-8-11(10-17)2-6-15(12)19-16/h2-10H,1H3. The number of hydrogen-bond donors (Lipinski definition) is 0. The number of benzene rings is 2. The lowest BCUT2D eigenvalue weighted by molar-refractivity contribution is 0.112. The minimum Gasteiger partial charge on any atom is -0.497 e. The van der Waals surface area contributed by atoms with Crippen molar-refractivity contribution in [3.8, 4) is 17.2 Å². The van der Waals surface area contributed by atoms with Crippen LogP contribution in [-0.2, 0) is 0 Å². The topological polar surface area (TPSA) is 35.5 Å². The quantitative estimate of drug-likeness (QED) is 0.651. The average molecular weight is 252 g/mol. The molecule has 2 aromatic rings. The van der Waals surface area contributed by atoms with Crippen molar-refractivity contribution in [3.63, 3.8) is 0 Å². The molecule has 0 spiro atoms. The minimum atomic E-state index is 0.635. The van der Waals surface area contributed by atoms with Gasteiger partial charge < -0.3 is 9.47 Å². The maximum absolute atomic E-state index is 10.8. The first-order valence-corrected chi connectivity index (χ1v) is 5.93. The van der Waals surface area contributed by atoms with Crippen molar-refractivity contribution in [3.05, 3.63) is 53.1 Å². The molecule has 0 radical (unpaired) electrons. The third-order valence-electron chi connectivity index (χ3n) is 3.05. The van der Waals surface area contributed by atoms with Crippen molar-refractivity contribution in [2.75, 3.05) is 7.11 Å². The van der Waals surface area contributed by atoms with Crippen molar-refractivity contribution < 1.29 is 14.3 Å². The van der Waals surface area contributed by atoms with Crippen LogP contribution in [0.25, 0.3) is 12.2 Å². The van der Waals surface area contributed by atoms with Crippen LogP contribution in [-0.4, -0.2) is 13.4 Å². The summed E-state index contributed by atoms with van der Waals surface area (Å²) in [7, 11) is 1.63. The Morgan fingerprint density at radius 1 is 1.00 bits per heavy atom. The fraction of sp³-hybridized carbons (Fsp3) is 0.0625. The number of ether oxygens (including phenoxy) is 2. The summed E-state index contributed by atoms with van der Waals surface area (Å²) in [5.41, 5.74) is 2.47. The third-order valence-corrected chi connectivity index (χ3v) is 3.05. The zero-order valence-electron chi connectivity index (χ0n) is 10.4. The van der Waals surface area contributed by atoms with E-state index in [9.17, 15) is 4.79 Å². The van der Waals surface area contributed by atoms with Crippen LogP contribution in [0.15, 0.2) is 36.4 Å². The molecule has 0 aliphatic carbocycles. The SMILES string of the molecule is COc1ccc2c(c1)C=Cc1cc(C=O)ccc1O2. The molecule has 0 fully saturated rings. The van der Waals surface area contributed by atoms with E-state index < -0.39 is 0 Å². The van der Waals surface area contributed by atoms with Crippen LogP contribution in [0.5, 0.6) is 17.2 Å². The summed E-state index contributed by atoms with van der Waals surface area (Å²) in [5.74, 6) is 2.30. The number of carbonyl (C=O) groups is 1. The zero-order chi connectivity index (χ0) is 13.2. The molecule has 0 bridgehead atoms. The lowest BCUT2D eigenvalue weighted by atomic mass is 10.1. The first kappa shape index (κ1) is 11.5. The van der Waals surface area contributed by atoms with Gasteiger partial charge in [-0.2, -0.15) is 0 Å². The Balaban J connectivity index is 2.09. The Bertz CT molecular complexity index is 672. The highest BCUT2D eigenvalue weighted by molar-refractivity contribution is 5.82. The molecule has 1 aliphatic rings. The molecular formula is C16H12O3. The molecule has 19 heavy (non-hydrogen) atoms. The monoisotopic (exact) mass is 252 g/mol. The summed E-state index contributed by atoms with van der Waals surface area (Å²) in [4.78, 5) is 10.8. The van der Waals surface area contributed by atoms with E-state index in [1.807, 2.05) is 42.5 Å². The van der Waals surface area contributed by atoms with Crippen LogP contribution in [0.2, 0.25) is 0 Å². The Hall–Kier alpha value is -2.55. The molecule has 0 N–H and O–H groups in total. The molecular weight excluding hydrogens is 240 g/mol. The molecule has 0 aromatic heterocycles. The van der Waals surface area contributed by atoms with Crippen LogP contribution in [0.1, 0.15) is 21.5 Å². The van der Waals surface area contributed by atoms with E-state index in [-0.39, 0.29) is 0 Å². The van der Waals surface area contributed by atoms with Crippen LogP contribution in [0.4, 0.5) is 0 Å². The number of fused-ring (bicyclic) bond motifs is 2. The molecule has 1 heterocycles. The molecule has 3 heteroatoms. The lowest BCUT2D eigenvalue weighted by Crippen LogP contribution is -1.90. The molecule has 0 saturated carbocycles. The molecule has 0 unspecified atom stereocenters. The fourth-order valence-electron chi connectivity index (χ4n) is 2.04. The predicted octanol–water partition coefficient (Wildman–Crippen LogP) is 3.78. The Labute approximate surface area is 111 Å². The van der Waals surface area contributed by atoms with E-state index >= 15 is 0 Å². The van der Waals surface area contributed by atoms with Gasteiger partial charge in [-0.15, -0.1) is 0 Å². The van der Waals surface area contributed by atoms with Crippen LogP contribution in [0, 0.1) is 0 Å². The second-order valence-corrected chi connectivity index (χ2v) is 4.25. The van der Waals surface area contributed by atoms with Crippen molar-refractivity contribution in [2.24, 2.45) is 0 Å². The predicted molar refractivity (Wildman–Crippen MR) is 73.8 cm³/mol. The van der Waals surface area contributed by atoms with Crippen molar-refractivity contribution in [1.82, 2.24) is 0 Å². The molecule has 1 aliphatic heterocycles. The summed E-state index contributed by atoms with van der Waals surface area (Å²) in [5, 5.41) is 0. The van der Waals surface area contributed by atoms with E-state index in [2.05, 4.69) is 0 Å². The largest absolute Gasteiger partial charge is 0.497 e. The second kappa shape index (κ2) is 4.61. The number of rotatable bonds is 2. The van der Waals surface area contributed by atoms with Gasteiger partial charge in [-0.3, -0.25) is 4.79 Å². The van der Waals surface area contributed by atoms with Gasteiger partial charge in [0.2, 0.25) is 0 Å². The molecule has 0 atom stereocenters. The van der Waals surface area contributed by atoms with Gasteiger partial charge in [0.1, 0.15) is 23.5 Å². The first-order chi connectivity index (χ1) is 9.30. The highest BCUT2D eigenvalue weighted by Crippen LogP contribution is 2.35. The zero-order valence-corrected chi connectivity index (χ0v) is 10.4. The van der Waals surface area contributed by atoms with Gasteiger partial charge in [0.25, 0.3) is 0 Å². The smallest absolute Gasteiger partial charge is 0.150 e. The highest BCUT2D eigenvalue weighted by atomic mass is 16.5. The Morgan fingerprint density at radius 2 is 1.68 bits per heavy atom. The van der Waals surface area contributed by atoms with Crippen molar-refractivity contribution >= 4 is 18.4 Å². The average Bonchev–Trinajstić information content (AvgIpc) is 2.64. The molecule has 94 valence electrons. The van der Waals surface area contributed by atoms with Crippen LogP contribution >= 0.6 is 0 Å². The fourth-order valence-corrected chi connectivity index (χ4v) is 2.04. The van der Waals surface area contributed by atoms with Gasteiger partial charge in [-0.25, -0.2) is 0 Å². The Morgan fingerprint density at radius 3 is 2.37 bits per heavy atom. The van der Waals surface area contributed by atoms with Gasteiger partial charge in [0.05, 0.1) is 7.11 Å². The number of aldehydes is 1. The van der Waals surface area contributed by atoms with Crippen LogP contribution in [0.3, 0.4) is 0 Å². The van der Waals surface area contributed by atoms with Gasteiger partial charge >= 0.3 is 0 Å². The normalized spacial score (nSPS) is 11.8. The summed E-state index contributed by atoms with van der Waals surface area (Å²) < 4.78 is 11.1. The first-order valence-electron chi connectivity index (χ1n) is 5.93. The maximum Gasteiger partial charge on any atom is 0.150 e. The molecule has 0 saturated heterocycles. The van der Waals surface area contributed by atoms with Crippen molar-refractivity contribution in [1.29, 1.82) is 0 Å². The highest BCUT2D eigenvalue weighted by Gasteiger charge is 2.11. The van der Waals surface area contributed by atoms with Gasteiger partial charge in [-0.1, -0.05) is 12.2 Å². The minimum absolute atomic E-state index is 0.635. The molecule has 3 rings (SSSR count). The third kappa shape index (κ3) is 2.10. The summed E-state index contributed by atoms with van der Waals surface area (Å²) in [6, 6.07) is 11.0. The number of carbonyl (C=O) groups excluding carboxylic acids is 1. The lowest BCUT2D eigenvalue weighted by Gasteiger charge is -2.10. The van der Waals surface area contributed by atoms with E-state index in [0.29, 0.717) is 5.56 Å². The molecule has 0 amide bonds. The van der Waals surface area contributed by atoms with Gasteiger partial charge in [-0.05, 0) is 36.4 Å². The van der Waals surface area contributed by atoms with E-state index in [0.717, 1.165) is 34.7 Å². The van der Waals surface area contributed by atoms with E-state index in [4.69, 9.17) is 9.47 Å². The maximum atomic E-state index is 10.8. The second-order valence-electron chi connectivity index (χ2n) is 4.25. The van der Waals surface area contributed by atoms with Crippen molar-refractivity contribution in [2.45, 2.75) is 0 Å². The Kier molecular flexibility index (Phi) is 2.80. The molecule has 2 aromatic carbocycles. The van der Waals surface area contributed by atoms with E-state index in [1.165, 1.54) is 0 Å². The summed E-state index contributed by atoms with van der Waals surface area (Å²) in [6.45, 7) is 0. The number of methoxy groups -OCH3 is 1.